The number of aromatic nitrogens is 1. The van der Waals surface area contributed by atoms with Crippen molar-refractivity contribution in [3.05, 3.63) is 42.1 Å². The topological polar surface area (TPSA) is 96.9 Å². The molecule has 0 fully saturated rings. The number of aliphatic imine (C=N–C) groups is 1. The van der Waals surface area contributed by atoms with Crippen LogP contribution in [0.3, 0.4) is 0 Å². The summed E-state index contributed by atoms with van der Waals surface area (Å²) in [5, 5.41) is 9.04. The second kappa shape index (κ2) is 12.8. The third kappa shape index (κ3) is 8.14. The van der Waals surface area contributed by atoms with E-state index in [0.717, 1.165) is 11.3 Å². The molecule has 2 aromatic rings. The summed E-state index contributed by atoms with van der Waals surface area (Å²) in [5.74, 6) is 2.28. The normalized spacial score (nSPS) is 10.6. The summed E-state index contributed by atoms with van der Waals surface area (Å²) in [7, 11) is 3.27. The van der Waals surface area contributed by atoms with Crippen molar-refractivity contribution in [2.75, 3.05) is 37.9 Å². The summed E-state index contributed by atoms with van der Waals surface area (Å²) >= 11 is 0. The molecule has 0 bridgehead atoms. The van der Waals surface area contributed by atoms with Gasteiger partial charge in [-0.05, 0) is 37.6 Å². The van der Waals surface area contributed by atoms with Gasteiger partial charge in [0, 0.05) is 38.0 Å². The first-order valence-corrected chi connectivity index (χ1v) is 9.06. The van der Waals surface area contributed by atoms with Gasteiger partial charge in [0.2, 0.25) is 5.91 Å². The zero-order valence-electron chi connectivity index (χ0n) is 17.1. The van der Waals surface area contributed by atoms with Crippen LogP contribution in [-0.2, 0) is 4.79 Å². The number of hydrogen-bond donors (Lipinski definition) is 3. The number of carbonyl (C=O) groups is 1. The van der Waals surface area contributed by atoms with E-state index < -0.39 is 0 Å². The third-order valence-electron chi connectivity index (χ3n) is 3.77. The number of rotatable bonds is 8. The number of nitrogens with zero attached hydrogens (tertiary/aromatic N) is 2. The summed E-state index contributed by atoms with van der Waals surface area (Å²) in [6.07, 6.45) is 1.99. The van der Waals surface area contributed by atoms with Crippen LogP contribution in [0.1, 0.15) is 18.9 Å². The molecular formula is C20H28IN5O3. The lowest BCUT2D eigenvalue weighted by Gasteiger charge is -2.14. The summed E-state index contributed by atoms with van der Waals surface area (Å²) in [5.41, 5.74) is 1.84. The van der Waals surface area contributed by atoms with Gasteiger partial charge in [-0.1, -0.05) is 6.07 Å². The van der Waals surface area contributed by atoms with E-state index in [1.165, 1.54) is 0 Å². The van der Waals surface area contributed by atoms with Crippen molar-refractivity contribution < 1.29 is 14.3 Å². The fraction of sp³-hybridized carbons (Fsp3) is 0.350. The van der Waals surface area contributed by atoms with Crippen LogP contribution in [0.2, 0.25) is 0 Å². The highest BCUT2D eigenvalue weighted by atomic mass is 127. The van der Waals surface area contributed by atoms with Gasteiger partial charge < -0.3 is 25.4 Å². The van der Waals surface area contributed by atoms with E-state index in [2.05, 4.69) is 25.9 Å². The van der Waals surface area contributed by atoms with Gasteiger partial charge in [0.15, 0.2) is 17.5 Å². The molecular weight excluding hydrogens is 485 g/mol. The number of benzene rings is 1. The molecule has 158 valence electrons. The molecule has 1 aromatic heterocycles. The lowest BCUT2D eigenvalue weighted by molar-refractivity contribution is -0.116. The van der Waals surface area contributed by atoms with Crippen molar-refractivity contribution in [1.29, 1.82) is 0 Å². The standard InChI is InChI=1S/C20H27N5O3.HI/c1-5-28-17-12-15(7-8-16(17)27-4)24-20(21-3)22-11-10-19(26)25-18-9-6-14(2)13-23-18;/h6-9,12-13H,5,10-11H2,1-4H3,(H2,21,22,24)(H,23,25,26);1H. The average Bonchev–Trinajstić information content (AvgIpc) is 2.69. The van der Waals surface area contributed by atoms with E-state index >= 15 is 0 Å². The number of hydrogen-bond acceptors (Lipinski definition) is 5. The fourth-order valence-corrected chi connectivity index (χ4v) is 2.38. The molecule has 1 amide bonds. The first kappa shape index (κ1) is 24.5. The van der Waals surface area contributed by atoms with Crippen molar-refractivity contribution in [2.24, 2.45) is 4.99 Å². The number of guanidine groups is 1. The maximum absolute atomic E-state index is 12.0. The Morgan fingerprint density at radius 2 is 1.97 bits per heavy atom. The number of ether oxygens (including phenoxy) is 2. The van der Waals surface area contributed by atoms with Gasteiger partial charge in [0.1, 0.15) is 5.82 Å². The maximum atomic E-state index is 12.0. The molecule has 3 N–H and O–H groups in total. The van der Waals surface area contributed by atoms with Crippen LogP contribution in [0.4, 0.5) is 11.5 Å². The van der Waals surface area contributed by atoms with Crippen molar-refractivity contribution in [1.82, 2.24) is 10.3 Å². The SMILES string of the molecule is CCOc1cc(NC(=NC)NCCC(=O)Nc2ccc(C)cn2)ccc1OC.I. The highest BCUT2D eigenvalue weighted by Crippen LogP contribution is 2.30. The van der Waals surface area contributed by atoms with E-state index in [-0.39, 0.29) is 36.3 Å². The molecule has 0 aliphatic carbocycles. The van der Waals surface area contributed by atoms with Crippen LogP contribution >= 0.6 is 24.0 Å². The Morgan fingerprint density at radius 3 is 2.59 bits per heavy atom. The molecule has 0 unspecified atom stereocenters. The predicted octanol–water partition coefficient (Wildman–Crippen LogP) is 3.43. The minimum atomic E-state index is -0.123. The Bertz CT molecular complexity index is 812. The van der Waals surface area contributed by atoms with Crippen LogP contribution < -0.4 is 25.4 Å². The summed E-state index contributed by atoms with van der Waals surface area (Å²) < 4.78 is 10.9. The Balaban J connectivity index is 0.00000420. The number of anilines is 2. The van der Waals surface area contributed by atoms with Gasteiger partial charge in [-0.2, -0.15) is 0 Å². The number of carbonyl (C=O) groups excluding carboxylic acids is 1. The van der Waals surface area contributed by atoms with Crippen LogP contribution in [0.15, 0.2) is 41.5 Å². The van der Waals surface area contributed by atoms with E-state index in [0.29, 0.717) is 36.4 Å². The van der Waals surface area contributed by atoms with E-state index in [9.17, 15) is 4.79 Å². The van der Waals surface area contributed by atoms with Gasteiger partial charge in [0.05, 0.1) is 13.7 Å². The number of pyridine rings is 1. The van der Waals surface area contributed by atoms with E-state index in [4.69, 9.17) is 9.47 Å². The molecule has 29 heavy (non-hydrogen) atoms. The van der Waals surface area contributed by atoms with Crippen molar-refractivity contribution in [3.63, 3.8) is 0 Å². The average molecular weight is 513 g/mol. The lowest BCUT2D eigenvalue weighted by Crippen LogP contribution is -2.33. The summed E-state index contributed by atoms with van der Waals surface area (Å²) in [6, 6.07) is 9.20. The quantitative estimate of drug-likeness (QED) is 0.285. The Kier molecular flexibility index (Phi) is 10.8. The number of amides is 1. The lowest BCUT2D eigenvalue weighted by atomic mass is 10.2. The molecule has 1 heterocycles. The molecule has 2 rings (SSSR count). The van der Waals surface area contributed by atoms with Crippen molar-refractivity contribution >= 4 is 47.3 Å². The molecule has 0 radical (unpaired) electrons. The number of aryl methyl sites for hydroxylation is 1. The summed E-state index contributed by atoms with van der Waals surface area (Å²) in [6.45, 7) is 4.82. The number of halogens is 1. The molecule has 9 heteroatoms. The highest BCUT2D eigenvalue weighted by Gasteiger charge is 2.08. The van der Waals surface area contributed by atoms with Crippen LogP contribution in [-0.4, -0.2) is 44.2 Å². The minimum Gasteiger partial charge on any atom is -0.493 e. The number of methoxy groups -OCH3 is 1. The van der Waals surface area contributed by atoms with E-state index in [1.807, 2.05) is 38.1 Å². The zero-order valence-corrected chi connectivity index (χ0v) is 19.4. The maximum Gasteiger partial charge on any atom is 0.227 e. The summed E-state index contributed by atoms with van der Waals surface area (Å²) in [4.78, 5) is 20.4. The van der Waals surface area contributed by atoms with Crippen LogP contribution in [0.25, 0.3) is 0 Å². The first-order valence-electron chi connectivity index (χ1n) is 9.06. The second-order valence-electron chi connectivity index (χ2n) is 5.94. The van der Waals surface area contributed by atoms with Crippen molar-refractivity contribution in [2.45, 2.75) is 20.3 Å². The molecule has 0 aliphatic heterocycles. The van der Waals surface area contributed by atoms with Crippen LogP contribution in [0, 0.1) is 6.92 Å². The Labute approximate surface area is 188 Å². The monoisotopic (exact) mass is 513 g/mol. The van der Waals surface area contributed by atoms with Crippen molar-refractivity contribution in [3.8, 4) is 11.5 Å². The molecule has 0 spiro atoms. The van der Waals surface area contributed by atoms with Gasteiger partial charge in [-0.3, -0.25) is 9.79 Å². The van der Waals surface area contributed by atoms with Gasteiger partial charge >= 0.3 is 0 Å². The molecule has 0 atom stereocenters. The minimum absolute atomic E-state index is 0. The highest BCUT2D eigenvalue weighted by molar-refractivity contribution is 14.0. The molecule has 8 nitrogen and oxygen atoms in total. The van der Waals surface area contributed by atoms with Gasteiger partial charge in [0.25, 0.3) is 0 Å². The smallest absolute Gasteiger partial charge is 0.227 e. The molecule has 1 aromatic carbocycles. The van der Waals surface area contributed by atoms with Crippen LogP contribution in [0.5, 0.6) is 11.5 Å². The first-order chi connectivity index (χ1) is 13.5. The zero-order chi connectivity index (χ0) is 20.4. The van der Waals surface area contributed by atoms with E-state index in [1.54, 1.807) is 26.4 Å². The molecule has 0 saturated carbocycles. The largest absolute Gasteiger partial charge is 0.493 e. The second-order valence-corrected chi connectivity index (χ2v) is 5.94. The third-order valence-corrected chi connectivity index (χ3v) is 3.77. The van der Waals surface area contributed by atoms with Gasteiger partial charge in [-0.15, -0.1) is 24.0 Å². The molecule has 0 aliphatic rings. The number of nitrogens with one attached hydrogen (secondary N) is 3. The predicted molar refractivity (Wildman–Crippen MR) is 127 cm³/mol. The fourth-order valence-electron chi connectivity index (χ4n) is 2.38. The Hall–Kier alpha value is -2.56. The van der Waals surface area contributed by atoms with Gasteiger partial charge in [-0.25, -0.2) is 4.98 Å². The molecule has 0 saturated heterocycles. The Morgan fingerprint density at radius 1 is 1.17 bits per heavy atom.